The second-order valence-corrected chi connectivity index (χ2v) is 5.91. The van der Waals surface area contributed by atoms with Crippen LogP contribution in [0.4, 0.5) is 13.2 Å². The fourth-order valence-corrected chi connectivity index (χ4v) is 2.99. The molecule has 0 unspecified atom stereocenters. The number of benzene rings is 1. The molecule has 2 aromatic rings. The van der Waals surface area contributed by atoms with Gasteiger partial charge < -0.3 is 5.73 Å². The van der Waals surface area contributed by atoms with Crippen LogP contribution in [-0.2, 0) is 12.7 Å². The number of aromatic nitrogens is 1. The predicted octanol–water partition coefficient (Wildman–Crippen LogP) is 5.02. The second-order valence-electron chi connectivity index (χ2n) is 4.04. The number of nitrogens with zero attached hydrogens (tertiary/aromatic N) is 1. The number of hydrogen-bond acceptors (Lipinski definition) is 3. The number of pyridine rings is 1. The topological polar surface area (TPSA) is 38.9 Å². The molecule has 0 aliphatic heterocycles. The molecule has 1 heterocycles. The van der Waals surface area contributed by atoms with E-state index < -0.39 is 11.9 Å². The molecule has 0 amide bonds. The highest BCUT2D eigenvalue weighted by atomic mass is 35.5. The van der Waals surface area contributed by atoms with E-state index in [1.807, 2.05) is 0 Å². The van der Waals surface area contributed by atoms with Gasteiger partial charge in [-0.2, -0.15) is 13.2 Å². The lowest BCUT2D eigenvalue weighted by molar-refractivity contribution is -0.141. The molecule has 2 rings (SSSR count). The van der Waals surface area contributed by atoms with Gasteiger partial charge in [-0.25, -0.2) is 4.98 Å². The first-order valence-electron chi connectivity index (χ1n) is 5.71. The molecule has 0 bridgehead atoms. The second kappa shape index (κ2) is 6.44. The van der Waals surface area contributed by atoms with Crippen molar-refractivity contribution in [3.63, 3.8) is 0 Å². The van der Waals surface area contributed by atoms with E-state index in [-0.39, 0.29) is 11.6 Å². The minimum Gasteiger partial charge on any atom is -0.326 e. The third kappa shape index (κ3) is 4.03. The Morgan fingerprint density at radius 2 is 1.86 bits per heavy atom. The molecule has 2 N–H and O–H groups in total. The maximum Gasteiger partial charge on any atom is 0.433 e. The molecule has 2 nitrogen and oxygen atoms in total. The lowest BCUT2D eigenvalue weighted by atomic mass is 10.2. The first-order chi connectivity index (χ1) is 9.81. The van der Waals surface area contributed by atoms with Gasteiger partial charge in [-0.15, -0.1) is 0 Å². The summed E-state index contributed by atoms with van der Waals surface area (Å²) in [7, 11) is 0. The molecule has 1 aromatic heterocycles. The molecule has 0 aliphatic rings. The van der Waals surface area contributed by atoms with E-state index >= 15 is 0 Å². The lowest BCUT2D eigenvalue weighted by Crippen LogP contribution is -2.10. The van der Waals surface area contributed by atoms with E-state index in [1.54, 1.807) is 18.2 Å². The number of rotatable bonds is 3. The minimum atomic E-state index is -4.51. The van der Waals surface area contributed by atoms with Crippen LogP contribution >= 0.6 is 35.0 Å². The van der Waals surface area contributed by atoms with Gasteiger partial charge in [0.2, 0.25) is 0 Å². The van der Waals surface area contributed by atoms with Crippen molar-refractivity contribution >= 4 is 35.0 Å². The molecule has 0 saturated heterocycles. The zero-order chi connectivity index (χ0) is 15.6. The Kier molecular flexibility index (Phi) is 5.03. The third-order valence-electron chi connectivity index (χ3n) is 2.55. The van der Waals surface area contributed by atoms with Crippen LogP contribution in [0.15, 0.2) is 40.3 Å². The Balaban J connectivity index is 2.44. The smallest absolute Gasteiger partial charge is 0.326 e. The number of hydrogen-bond donors (Lipinski definition) is 1. The summed E-state index contributed by atoms with van der Waals surface area (Å²) in [6.07, 6.45) is -4.51. The van der Waals surface area contributed by atoms with Gasteiger partial charge in [0.25, 0.3) is 0 Å². The number of nitrogens with two attached hydrogens (primary N) is 1. The van der Waals surface area contributed by atoms with Gasteiger partial charge in [-0.3, -0.25) is 0 Å². The predicted molar refractivity (Wildman–Crippen MR) is 77.7 cm³/mol. The van der Waals surface area contributed by atoms with Gasteiger partial charge in [0, 0.05) is 16.5 Å². The molecule has 0 saturated carbocycles. The van der Waals surface area contributed by atoms with Crippen LogP contribution in [0, 0.1) is 0 Å². The first kappa shape index (κ1) is 16.4. The maximum absolute atomic E-state index is 12.7. The first-order valence-corrected chi connectivity index (χ1v) is 7.28. The van der Waals surface area contributed by atoms with Crippen LogP contribution in [-0.4, -0.2) is 4.98 Å². The molecule has 8 heteroatoms. The van der Waals surface area contributed by atoms with Crippen molar-refractivity contribution in [2.45, 2.75) is 22.6 Å². The fraction of sp³-hybridized carbons (Fsp3) is 0.154. The lowest BCUT2D eigenvalue weighted by Gasteiger charge is -2.12. The van der Waals surface area contributed by atoms with E-state index in [4.69, 9.17) is 28.9 Å². The Morgan fingerprint density at radius 1 is 1.14 bits per heavy atom. The largest absolute Gasteiger partial charge is 0.433 e. The van der Waals surface area contributed by atoms with Crippen LogP contribution < -0.4 is 5.73 Å². The van der Waals surface area contributed by atoms with Gasteiger partial charge >= 0.3 is 6.18 Å². The normalized spacial score (nSPS) is 11.7. The van der Waals surface area contributed by atoms with E-state index in [2.05, 4.69) is 4.98 Å². The summed E-state index contributed by atoms with van der Waals surface area (Å²) in [5, 5.41) is 0.978. The van der Waals surface area contributed by atoms with Gasteiger partial charge in [0.05, 0.1) is 5.02 Å². The average molecular weight is 353 g/mol. The summed E-state index contributed by atoms with van der Waals surface area (Å²) < 4.78 is 38.2. The van der Waals surface area contributed by atoms with E-state index in [1.165, 1.54) is 6.07 Å². The van der Waals surface area contributed by atoms with Crippen molar-refractivity contribution in [1.29, 1.82) is 0 Å². The standard InChI is InChI=1S/C13H9Cl2F3N2S/c14-8-2-3-9(15)10(5-8)21-12-7(6-19)1-4-11(20-12)13(16,17)18/h1-5H,6,19H2. The molecule has 0 fully saturated rings. The third-order valence-corrected chi connectivity index (χ3v) is 4.33. The molecular weight excluding hydrogens is 344 g/mol. The summed E-state index contributed by atoms with van der Waals surface area (Å²) in [5.74, 6) is 0. The van der Waals surface area contributed by atoms with Crippen molar-refractivity contribution in [3.05, 3.63) is 51.6 Å². The summed E-state index contributed by atoms with van der Waals surface area (Å²) in [6, 6.07) is 6.96. The molecular formula is C13H9Cl2F3N2S. The minimum absolute atomic E-state index is 0.0751. The van der Waals surface area contributed by atoms with Gasteiger partial charge in [-0.05, 0) is 29.8 Å². The highest BCUT2D eigenvalue weighted by Crippen LogP contribution is 2.37. The van der Waals surface area contributed by atoms with Crippen LogP contribution in [0.1, 0.15) is 11.3 Å². The molecule has 0 atom stereocenters. The van der Waals surface area contributed by atoms with E-state index in [0.29, 0.717) is 20.5 Å². The van der Waals surface area contributed by atoms with Crippen LogP contribution in [0.25, 0.3) is 0 Å². The zero-order valence-corrected chi connectivity index (χ0v) is 12.7. The van der Waals surface area contributed by atoms with E-state index in [0.717, 1.165) is 17.8 Å². The van der Waals surface area contributed by atoms with Crippen molar-refractivity contribution in [1.82, 2.24) is 4.98 Å². The maximum atomic E-state index is 12.7. The van der Waals surface area contributed by atoms with Crippen molar-refractivity contribution in [3.8, 4) is 0 Å². The Labute approximate surface area is 133 Å². The van der Waals surface area contributed by atoms with Crippen molar-refractivity contribution < 1.29 is 13.2 Å². The van der Waals surface area contributed by atoms with Gasteiger partial charge in [0.15, 0.2) is 0 Å². The summed E-state index contributed by atoms with van der Waals surface area (Å²) in [6.45, 7) is 0.0751. The summed E-state index contributed by atoms with van der Waals surface area (Å²) >= 11 is 12.9. The molecule has 0 spiro atoms. The Bertz CT molecular complexity index is 662. The zero-order valence-electron chi connectivity index (χ0n) is 10.4. The molecule has 112 valence electrons. The molecule has 0 radical (unpaired) electrons. The van der Waals surface area contributed by atoms with Crippen LogP contribution in [0.3, 0.4) is 0 Å². The molecule has 1 aromatic carbocycles. The Hall–Kier alpha value is -0.950. The molecule has 0 aliphatic carbocycles. The highest BCUT2D eigenvalue weighted by Gasteiger charge is 2.33. The van der Waals surface area contributed by atoms with Crippen molar-refractivity contribution in [2.75, 3.05) is 0 Å². The fourth-order valence-electron chi connectivity index (χ4n) is 1.53. The SMILES string of the molecule is NCc1ccc(C(F)(F)F)nc1Sc1cc(Cl)ccc1Cl. The van der Waals surface area contributed by atoms with Crippen molar-refractivity contribution in [2.24, 2.45) is 5.73 Å². The monoisotopic (exact) mass is 352 g/mol. The Morgan fingerprint density at radius 3 is 2.48 bits per heavy atom. The van der Waals surface area contributed by atoms with Gasteiger partial charge in [-0.1, -0.05) is 41.0 Å². The highest BCUT2D eigenvalue weighted by molar-refractivity contribution is 7.99. The number of halogens is 5. The van der Waals surface area contributed by atoms with Crippen LogP contribution in [0.5, 0.6) is 0 Å². The average Bonchev–Trinajstić information content (AvgIpc) is 2.42. The summed E-state index contributed by atoms with van der Waals surface area (Å²) in [5.41, 5.74) is 5.07. The number of alkyl halides is 3. The summed E-state index contributed by atoms with van der Waals surface area (Å²) in [4.78, 5) is 4.16. The van der Waals surface area contributed by atoms with Gasteiger partial charge in [0.1, 0.15) is 10.7 Å². The quantitative estimate of drug-likeness (QED) is 0.842. The van der Waals surface area contributed by atoms with E-state index in [9.17, 15) is 13.2 Å². The van der Waals surface area contributed by atoms with Crippen LogP contribution in [0.2, 0.25) is 10.0 Å². The molecule has 21 heavy (non-hydrogen) atoms.